The maximum Gasteiger partial charge on any atom is 0.0942 e. The lowest BCUT2D eigenvalue weighted by atomic mass is 9.95. The van der Waals surface area contributed by atoms with E-state index in [2.05, 4.69) is 30.3 Å². The second-order valence-corrected chi connectivity index (χ2v) is 6.11. The van der Waals surface area contributed by atoms with Crippen molar-refractivity contribution in [2.75, 3.05) is 6.54 Å². The van der Waals surface area contributed by atoms with Gasteiger partial charge in [-0.2, -0.15) is 5.10 Å². The Labute approximate surface area is 108 Å². The van der Waals surface area contributed by atoms with E-state index < -0.39 is 0 Å². The highest BCUT2D eigenvalue weighted by molar-refractivity contribution is 7.99. The van der Waals surface area contributed by atoms with Gasteiger partial charge in [-0.05, 0) is 32.4 Å². The molecule has 0 aromatic carbocycles. The summed E-state index contributed by atoms with van der Waals surface area (Å²) >= 11 is 2.00. The molecule has 17 heavy (non-hydrogen) atoms. The molecule has 1 heterocycles. The van der Waals surface area contributed by atoms with Crippen LogP contribution in [0.25, 0.3) is 0 Å². The SMILES string of the molecule is CCNC1CCCCC1Sc1cc(C)nn1C. The zero-order chi connectivity index (χ0) is 12.3. The van der Waals surface area contributed by atoms with Crippen LogP contribution in [-0.2, 0) is 7.05 Å². The van der Waals surface area contributed by atoms with E-state index in [1.165, 1.54) is 30.7 Å². The summed E-state index contributed by atoms with van der Waals surface area (Å²) in [5, 5.41) is 10.1. The van der Waals surface area contributed by atoms with E-state index in [4.69, 9.17) is 0 Å². The third kappa shape index (κ3) is 3.26. The maximum absolute atomic E-state index is 4.42. The molecule has 1 aromatic heterocycles. The predicted molar refractivity (Wildman–Crippen MR) is 73.5 cm³/mol. The van der Waals surface area contributed by atoms with Crippen LogP contribution in [0.2, 0.25) is 0 Å². The first-order chi connectivity index (χ1) is 8.20. The molecule has 1 N–H and O–H groups in total. The molecule has 2 unspecified atom stereocenters. The monoisotopic (exact) mass is 253 g/mol. The summed E-state index contributed by atoms with van der Waals surface area (Å²) in [5.41, 5.74) is 1.12. The molecule has 1 aliphatic rings. The maximum atomic E-state index is 4.42. The molecule has 1 fully saturated rings. The molecule has 0 bridgehead atoms. The largest absolute Gasteiger partial charge is 0.313 e. The van der Waals surface area contributed by atoms with Crippen LogP contribution >= 0.6 is 11.8 Å². The van der Waals surface area contributed by atoms with E-state index in [1.54, 1.807) is 0 Å². The van der Waals surface area contributed by atoms with Crippen LogP contribution in [0.1, 0.15) is 38.3 Å². The van der Waals surface area contributed by atoms with Crippen molar-refractivity contribution in [3.8, 4) is 0 Å². The second-order valence-electron chi connectivity index (χ2n) is 4.85. The minimum atomic E-state index is 0.675. The molecule has 2 rings (SSSR count). The van der Waals surface area contributed by atoms with Crippen LogP contribution in [-0.4, -0.2) is 27.6 Å². The summed E-state index contributed by atoms with van der Waals surface area (Å²) in [7, 11) is 2.04. The highest BCUT2D eigenvalue weighted by Gasteiger charge is 2.26. The lowest BCUT2D eigenvalue weighted by molar-refractivity contribution is 0.390. The van der Waals surface area contributed by atoms with E-state index in [0.29, 0.717) is 11.3 Å². The van der Waals surface area contributed by atoms with Crippen molar-refractivity contribution in [1.29, 1.82) is 0 Å². The van der Waals surface area contributed by atoms with Gasteiger partial charge in [0.05, 0.1) is 10.7 Å². The van der Waals surface area contributed by atoms with Crippen molar-refractivity contribution in [3.05, 3.63) is 11.8 Å². The third-order valence-corrected chi connectivity index (χ3v) is 4.89. The van der Waals surface area contributed by atoms with Gasteiger partial charge in [-0.1, -0.05) is 19.8 Å². The minimum Gasteiger partial charge on any atom is -0.313 e. The van der Waals surface area contributed by atoms with E-state index in [-0.39, 0.29) is 0 Å². The number of nitrogens with zero attached hydrogens (tertiary/aromatic N) is 2. The average molecular weight is 253 g/mol. The first kappa shape index (κ1) is 13.0. The summed E-state index contributed by atoms with van der Waals surface area (Å²) < 4.78 is 2.01. The first-order valence-electron chi connectivity index (χ1n) is 6.61. The zero-order valence-electron chi connectivity index (χ0n) is 11.1. The fraction of sp³-hybridized carbons (Fsp3) is 0.769. The molecule has 1 aliphatic carbocycles. The van der Waals surface area contributed by atoms with Crippen LogP contribution in [0, 0.1) is 6.92 Å². The minimum absolute atomic E-state index is 0.675. The smallest absolute Gasteiger partial charge is 0.0942 e. The molecule has 1 saturated carbocycles. The van der Waals surface area contributed by atoms with Crippen LogP contribution in [0.4, 0.5) is 0 Å². The van der Waals surface area contributed by atoms with Gasteiger partial charge in [0.15, 0.2) is 0 Å². The molecule has 2 atom stereocenters. The van der Waals surface area contributed by atoms with E-state index >= 15 is 0 Å². The molecule has 4 heteroatoms. The number of nitrogens with one attached hydrogen (secondary N) is 1. The zero-order valence-corrected chi connectivity index (χ0v) is 11.9. The van der Waals surface area contributed by atoms with Gasteiger partial charge in [-0.25, -0.2) is 0 Å². The fourth-order valence-corrected chi connectivity index (χ4v) is 4.01. The molecule has 0 amide bonds. The van der Waals surface area contributed by atoms with Crippen LogP contribution < -0.4 is 5.32 Å². The Bertz CT molecular complexity index is 360. The Morgan fingerprint density at radius 2 is 2.24 bits per heavy atom. The Morgan fingerprint density at radius 1 is 1.47 bits per heavy atom. The quantitative estimate of drug-likeness (QED) is 0.895. The van der Waals surface area contributed by atoms with Crippen molar-refractivity contribution >= 4 is 11.8 Å². The Balaban J connectivity index is 2.02. The van der Waals surface area contributed by atoms with Crippen LogP contribution in [0.15, 0.2) is 11.1 Å². The number of hydrogen-bond acceptors (Lipinski definition) is 3. The van der Waals surface area contributed by atoms with Crippen molar-refractivity contribution in [2.45, 2.75) is 55.8 Å². The standard InChI is InChI=1S/C13H23N3S/c1-4-14-11-7-5-6-8-12(11)17-13-9-10(2)15-16(13)3/h9,11-12,14H,4-8H2,1-3H3. The average Bonchev–Trinajstić information content (AvgIpc) is 2.61. The Morgan fingerprint density at radius 3 is 2.88 bits per heavy atom. The van der Waals surface area contributed by atoms with Crippen LogP contribution in [0.5, 0.6) is 0 Å². The molecule has 1 aromatic rings. The molecule has 3 nitrogen and oxygen atoms in total. The topological polar surface area (TPSA) is 29.9 Å². The molecule has 0 radical (unpaired) electrons. The van der Waals surface area contributed by atoms with E-state index in [0.717, 1.165) is 12.2 Å². The Hall–Kier alpha value is -0.480. The summed E-state index contributed by atoms with van der Waals surface area (Å²) in [4.78, 5) is 0. The number of rotatable bonds is 4. The first-order valence-corrected chi connectivity index (χ1v) is 7.49. The van der Waals surface area contributed by atoms with Crippen molar-refractivity contribution in [1.82, 2.24) is 15.1 Å². The Kier molecular flexibility index (Phi) is 4.51. The number of hydrogen-bond donors (Lipinski definition) is 1. The molecule has 0 saturated heterocycles. The van der Waals surface area contributed by atoms with Gasteiger partial charge >= 0.3 is 0 Å². The van der Waals surface area contributed by atoms with Crippen molar-refractivity contribution < 1.29 is 0 Å². The molecule has 0 spiro atoms. The van der Waals surface area contributed by atoms with Gasteiger partial charge < -0.3 is 5.32 Å². The van der Waals surface area contributed by atoms with Crippen molar-refractivity contribution in [3.63, 3.8) is 0 Å². The van der Waals surface area contributed by atoms with Gasteiger partial charge in [0.25, 0.3) is 0 Å². The predicted octanol–water partition coefficient (Wildman–Crippen LogP) is 2.74. The van der Waals surface area contributed by atoms with Gasteiger partial charge in [0.1, 0.15) is 0 Å². The van der Waals surface area contributed by atoms with Crippen LogP contribution in [0.3, 0.4) is 0 Å². The fourth-order valence-electron chi connectivity index (χ4n) is 2.59. The summed E-state index contributed by atoms with van der Waals surface area (Å²) in [5.74, 6) is 0. The van der Waals surface area contributed by atoms with E-state index in [1.807, 2.05) is 23.5 Å². The third-order valence-electron chi connectivity index (χ3n) is 3.40. The second kappa shape index (κ2) is 5.91. The highest BCUT2D eigenvalue weighted by Crippen LogP contribution is 2.33. The molecule has 0 aliphatic heterocycles. The summed E-state index contributed by atoms with van der Waals surface area (Å²) in [6.07, 6.45) is 5.39. The molecular weight excluding hydrogens is 230 g/mol. The molecular formula is C13H23N3S. The summed E-state index contributed by atoms with van der Waals surface area (Å²) in [6, 6.07) is 2.87. The van der Waals surface area contributed by atoms with E-state index in [9.17, 15) is 0 Å². The number of thioether (sulfide) groups is 1. The highest BCUT2D eigenvalue weighted by atomic mass is 32.2. The van der Waals surface area contributed by atoms with Gasteiger partial charge in [0.2, 0.25) is 0 Å². The normalized spacial score (nSPS) is 25.1. The number of aromatic nitrogens is 2. The summed E-state index contributed by atoms with van der Waals surface area (Å²) in [6.45, 7) is 5.34. The van der Waals surface area contributed by atoms with Gasteiger partial charge in [0, 0.05) is 18.3 Å². The van der Waals surface area contributed by atoms with Gasteiger partial charge in [-0.15, -0.1) is 11.8 Å². The molecule has 96 valence electrons. The van der Waals surface area contributed by atoms with Crippen molar-refractivity contribution in [2.24, 2.45) is 7.05 Å². The lowest BCUT2D eigenvalue weighted by Crippen LogP contribution is -2.40. The number of aryl methyl sites for hydroxylation is 2. The van der Waals surface area contributed by atoms with Gasteiger partial charge in [-0.3, -0.25) is 4.68 Å². The lowest BCUT2D eigenvalue weighted by Gasteiger charge is -2.31.